The standard InChI is InChI=1S/C11H24N2O/c1-9(5-12-4)6-13-7-10(2)14-11(3)8-13/h9-12H,5-8H2,1-4H3/t9?,10-,11+. The molecule has 0 aromatic rings. The summed E-state index contributed by atoms with van der Waals surface area (Å²) in [7, 11) is 2.01. The van der Waals surface area contributed by atoms with Gasteiger partial charge in [-0.1, -0.05) is 6.92 Å². The summed E-state index contributed by atoms with van der Waals surface area (Å²) in [5.41, 5.74) is 0. The summed E-state index contributed by atoms with van der Waals surface area (Å²) in [6.07, 6.45) is 0.779. The van der Waals surface area contributed by atoms with E-state index >= 15 is 0 Å². The van der Waals surface area contributed by atoms with Gasteiger partial charge in [0.05, 0.1) is 12.2 Å². The van der Waals surface area contributed by atoms with Crippen LogP contribution in [0.4, 0.5) is 0 Å². The van der Waals surface area contributed by atoms with Gasteiger partial charge in [0.15, 0.2) is 0 Å². The van der Waals surface area contributed by atoms with Crippen LogP contribution in [0, 0.1) is 5.92 Å². The molecule has 0 amide bonds. The van der Waals surface area contributed by atoms with Crippen molar-refractivity contribution in [2.75, 3.05) is 33.2 Å². The van der Waals surface area contributed by atoms with E-state index in [1.54, 1.807) is 0 Å². The van der Waals surface area contributed by atoms with Crippen LogP contribution in [-0.2, 0) is 4.74 Å². The van der Waals surface area contributed by atoms with Crippen molar-refractivity contribution in [1.82, 2.24) is 10.2 Å². The number of ether oxygens (including phenoxy) is 1. The maximum absolute atomic E-state index is 5.70. The molecule has 0 aliphatic carbocycles. The van der Waals surface area contributed by atoms with Crippen LogP contribution >= 0.6 is 0 Å². The fraction of sp³-hybridized carbons (Fsp3) is 1.00. The van der Waals surface area contributed by atoms with Crippen LogP contribution in [0.15, 0.2) is 0 Å². The Morgan fingerprint density at radius 3 is 2.43 bits per heavy atom. The van der Waals surface area contributed by atoms with E-state index in [-0.39, 0.29) is 0 Å². The molecular formula is C11H24N2O. The molecule has 1 saturated heterocycles. The summed E-state index contributed by atoms with van der Waals surface area (Å²) in [5.74, 6) is 0.720. The van der Waals surface area contributed by atoms with Crippen molar-refractivity contribution < 1.29 is 4.74 Å². The topological polar surface area (TPSA) is 24.5 Å². The molecule has 3 heteroatoms. The first kappa shape index (κ1) is 12.0. The Morgan fingerprint density at radius 1 is 1.36 bits per heavy atom. The summed E-state index contributed by atoms with van der Waals surface area (Å²) >= 11 is 0. The molecule has 1 unspecified atom stereocenters. The van der Waals surface area contributed by atoms with Crippen molar-refractivity contribution in [2.45, 2.75) is 33.0 Å². The van der Waals surface area contributed by atoms with Gasteiger partial charge in [-0.25, -0.2) is 0 Å². The smallest absolute Gasteiger partial charge is 0.0678 e. The van der Waals surface area contributed by atoms with E-state index in [0.717, 1.165) is 25.6 Å². The minimum atomic E-state index is 0.389. The highest BCUT2D eigenvalue weighted by Crippen LogP contribution is 2.12. The van der Waals surface area contributed by atoms with Crippen LogP contribution in [0.1, 0.15) is 20.8 Å². The van der Waals surface area contributed by atoms with Gasteiger partial charge in [-0.3, -0.25) is 4.90 Å². The lowest BCUT2D eigenvalue weighted by Crippen LogP contribution is -2.47. The Balaban J connectivity index is 2.29. The zero-order chi connectivity index (χ0) is 10.6. The molecule has 3 atom stereocenters. The SMILES string of the molecule is CNCC(C)CN1C[C@@H](C)O[C@@H](C)C1. The van der Waals surface area contributed by atoms with Gasteiger partial charge >= 0.3 is 0 Å². The third-order valence-corrected chi connectivity index (χ3v) is 2.62. The Morgan fingerprint density at radius 2 is 1.93 bits per heavy atom. The van der Waals surface area contributed by atoms with Gasteiger partial charge in [-0.05, 0) is 33.4 Å². The molecule has 1 fully saturated rings. The molecule has 0 aromatic carbocycles. The van der Waals surface area contributed by atoms with Crippen LogP contribution < -0.4 is 5.32 Å². The Bertz CT molecular complexity index is 153. The van der Waals surface area contributed by atoms with Crippen molar-refractivity contribution >= 4 is 0 Å². The van der Waals surface area contributed by atoms with E-state index in [1.807, 2.05) is 7.05 Å². The van der Waals surface area contributed by atoms with Crippen molar-refractivity contribution in [1.29, 1.82) is 0 Å². The van der Waals surface area contributed by atoms with Gasteiger partial charge in [0.25, 0.3) is 0 Å². The third-order valence-electron chi connectivity index (χ3n) is 2.62. The first-order chi connectivity index (χ1) is 6.61. The predicted octanol–water partition coefficient (Wildman–Crippen LogP) is 0.951. The van der Waals surface area contributed by atoms with Crippen molar-refractivity contribution in [3.05, 3.63) is 0 Å². The highest BCUT2D eigenvalue weighted by atomic mass is 16.5. The van der Waals surface area contributed by atoms with Gasteiger partial charge in [-0.2, -0.15) is 0 Å². The predicted molar refractivity (Wildman–Crippen MR) is 59.5 cm³/mol. The maximum atomic E-state index is 5.70. The molecule has 3 nitrogen and oxygen atoms in total. The lowest BCUT2D eigenvalue weighted by Gasteiger charge is -2.36. The fourth-order valence-electron chi connectivity index (χ4n) is 2.29. The van der Waals surface area contributed by atoms with Gasteiger partial charge in [-0.15, -0.1) is 0 Å². The molecule has 1 N–H and O–H groups in total. The molecule has 14 heavy (non-hydrogen) atoms. The highest BCUT2D eigenvalue weighted by Gasteiger charge is 2.22. The number of nitrogens with zero attached hydrogens (tertiary/aromatic N) is 1. The number of hydrogen-bond acceptors (Lipinski definition) is 3. The minimum absolute atomic E-state index is 0.389. The lowest BCUT2D eigenvalue weighted by molar-refractivity contribution is -0.0708. The number of rotatable bonds is 4. The maximum Gasteiger partial charge on any atom is 0.0678 e. The zero-order valence-electron chi connectivity index (χ0n) is 9.92. The summed E-state index contributed by atoms with van der Waals surface area (Å²) in [6.45, 7) is 11.0. The lowest BCUT2D eigenvalue weighted by atomic mass is 10.1. The molecule has 1 rings (SSSR count). The Kier molecular flexibility index (Phi) is 4.85. The summed E-state index contributed by atoms with van der Waals surface area (Å²) in [5, 5.41) is 3.22. The van der Waals surface area contributed by atoms with Crippen LogP contribution in [0.5, 0.6) is 0 Å². The normalized spacial score (nSPS) is 31.7. The van der Waals surface area contributed by atoms with Crippen LogP contribution in [0.2, 0.25) is 0 Å². The molecule has 84 valence electrons. The Hall–Kier alpha value is -0.120. The fourth-order valence-corrected chi connectivity index (χ4v) is 2.29. The summed E-state index contributed by atoms with van der Waals surface area (Å²) in [6, 6.07) is 0. The van der Waals surface area contributed by atoms with Gasteiger partial charge in [0.2, 0.25) is 0 Å². The van der Waals surface area contributed by atoms with E-state index in [4.69, 9.17) is 4.74 Å². The van der Waals surface area contributed by atoms with Crippen LogP contribution in [-0.4, -0.2) is 50.3 Å². The molecule has 1 heterocycles. The van der Waals surface area contributed by atoms with Crippen molar-refractivity contribution in [3.63, 3.8) is 0 Å². The Labute approximate surface area is 87.8 Å². The summed E-state index contributed by atoms with van der Waals surface area (Å²) < 4.78 is 5.70. The van der Waals surface area contributed by atoms with E-state index < -0.39 is 0 Å². The minimum Gasteiger partial charge on any atom is -0.373 e. The monoisotopic (exact) mass is 200 g/mol. The van der Waals surface area contributed by atoms with E-state index in [9.17, 15) is 0 Å². The van der Waals surface area contributed by atoms with E-state index in [2.05, 4.69) is 31.0 Å². The second kappa shape index (κ2) is 5.69. The molecule has 0 spiro atoms. The molecule has 1 aliphatic rings. The van der Waals surface area contributed by atoms with Crippen molar-refractivity contribution in [2.24, 2.45) is 5.92 Å². The van der Waals surface area contributed by atoms with Gasteiger partial charge in [0.1, 0.15) is 0 Å². The van der Waals surface area contributed by atoms with Crippen LogP contribution in [0.3, 0.4) is 0 Å². The average Bonchev–Trinajstić information content (AvgIpc) is 2.01. The third kappa shape index (κ3) is 3.95. The van der Waals surface area contributed by atoms with E-state index in [0.29, 0.717) is 12.2 Å². The first-order valence-electron chi connectivity index (χ1n) is 5.64. The summed E-state index contributed by atoms with van der Waals surface area (Å²) in [4.78, 5) is 2.51. The van der Waals surface area contributed by atoms with Gasteiger partial charge in [0, 0.05) is 19.6 Å². The van der Waals surface area contributed by atoms with E-state index in [1.165, 1.54) is 6.54 Å². The second-order valence-corrected chi connectivity index (χ2v) is 4.64. The van der Waals surface area contributed by atoms with Crippen molar-refractivity contribution in [3.8, 4) is 0 Å². The van der Waals surface area contributed by atoms with Crippen LogP contribution in [0.25, 0.3) is 0 Å². The molecule has 1 aliphatic heterocycles. The quantitative estimate of drug-likeness (QED) is 0.731. The number of nitrogens with one attached hydrogen (secondary N) is 1. The zero-order valence-corrected chi connectivity index (χ0v) is 9.92. The number of hydrogen-bond donors (Lipinski definition) is 1. The largest absolute Gasteiger partial charge is 0.373 e. The average molecular weight is 200 g/mol. The molecule has 0 aromatic heterocycles. The first-order valence-corrected chi connectivity index (χ1v) is 5.64. The van der Waals surface area contributed by atoms with Gasteiger partial charge < -0.3 is 10.1 Å². The molecule has 0 saturated carbocycles. The highest BCUT2D eigenvalue weighted by molar-refractivity contribution is 4.74. The molecule has 0 radical (unpaired) electrons. The second-order valence-electron chi connectivity index (χ2n) is 4.64. The number of morpholine rings is 1. The molecule has 0 bridgehead atoms. The molecular weight excluding hydrogens is 176 g/mol.